The highest BCUT2D eigenvalue weighted by Crippen LogP contribution is 2.36. The molecular formula is C24H17ClF3NO5. The number of rotatable bonds is 8. The predicted octanol–water partition coefficient (Wildman–Crippen LogP) is 5.15. The van der Waals surface area contributed by atoms with Crippen molar-refractivity contribution < 1.29 is 37.0 Å². The molecule has 0 unspecified atom stereocenters. The normalized spacial score (nSPS) is 10.9. The maximum atomic E-state index is 13.1. The average molecular weight is 492 g/mol. The largest absolute Gasteiger partial charge is 0.482 e. The Hall–Kier alpha value is -3.85. The van der Waals surface area contributed by atoms with Crippen LogP contribution < -0.4 is 10.1 Å². The fourth-order valence-corrected chi connectivity index (χ4v) is 3.01. The van der Waals surface area contributed by atoms with Crippen molar-refractivity contribution in [3.63, 3.8) is 0 Å². The quantitative estimate of drug-likeness (QED) is 0.348. The lowest BCUT2D eigenvalue weighted by molar-refractivity contribution is -0.149. The number of halogens is 4. The van der Waals surface area contributed by atoms with E-state index in [9.17, 15) is 27.6 Å². The number of hydrogen-bond donors (Lipinski definition) is 1. The van der Waals surface area contributed by atoms with Gasteiger partial charge in [0, 0.05) is 16.1 Å². The van der Waals surface area contributed by atoms with E-state index in [-0.39, 0.29) is 16.6 Å². The summed E-state index contributed by atoms with van der Waals surface area (Å²) >= 11 is 5.59. The number of carbonyl (C=O) groups excluding carboxylic acids is 3. The van der Waals surface area contributed by atoms with Crippen LogP contribution in [0.25, 0.3) is 0 Å². The van der Waals surface area contributed by atoms with Crippen molar-refractivity contribution >= 4 is 34.9 Å². The minimum absolute atomic E-state index is 0.147. The molecule has 0 spiro atoms. The molecule has 0 saturated carbocycles. The standard InChI is InChI=1S/C24H17ClF3NO5/c25-17-8-11-20(19(12-17)24(26,27)28)29-21(30)13-34-22(31)14-33-18-9-6-16(7-10-18)23(32)15-4-2-1-3-5-15/h1-12H,13-14H2,(H,29,30). The van der Waals surface area contributed by atoms with Crippen molar-refractivity contribution in [3.05, 3.63) is 94.5 Å². The van der Waals surface area contributed by atoms with E-state index >= 15 is 0 Å². The van der Waals surface area contributed by atoms with E-state index in [2.05, 4.69) is 0 Å². The van der Waals surface area contributed by atoms with Gasteiger partial charge in [-0.3, -0.25) is 9.59 Å². The number of benzene rings is 3. The molecule has 0 fully saturated rings. The molecule has 0 radical (unpaired) electrons. The van der Waals surface area contributed by atoms with Crippen molar-refractivity contribution in [2.75, 3.05) is 18.5 Å². The number of ether oxygens (including phenoxy) is 2. The predicted molar refractivity (Wildman–Crippen MR) is 118 cm³/mol. The van der Waals surface area contributed by atoms with E-state index < -0.39 is 42.5 Å². The summed E-state index contributed by atoms with van der Waals surface area (Å²) in [5, 5.41) is 1.89. The molecule has 0 aliphatic carbocycles. The van der Waals surface area contributed by atoms with Gasteiger partial charge < -0.3 is 14.8 Å². The number of carbonyl (C=O) groups is 3. The van der Waals surface area contributed by atoms with Crippen LogP contribution in [0.1, 0.15) is 21.5 Å². The SMILES string of the molecule is O=C(COC(=O)COc1ccc(C(=O)c2ccccc2)cc1)Nc1ccc(Cl)cc1C(F)(F)F. The Morgan fingerprint density at radius 3 is 2.15 bits per heavy atom. The van der Waals surface area contributed by atoms with E-state index in [0.29, 0.717) is 17.2 Å². The molecule has 0 aliphatic rings. The fourth-order valence-electron chi connectivity index (χ4n) is 2.83. The highest BCUT2D eigenvalue weighted by molar-refractivity contribution is 6.30. The lowest BCUT2D eigenvalue weighted by atomic mass is 10.0. The van der Waals surface area contributed by atoms with E-state index in [4.69, 9.17) is 21.1 Å². The molecule has 0 heterocycles. The number of nitrogens with one attached hydrogen (secondary N) is 1. The van der Waals surface area contributed by atoms with Crippen molar-refractivity contribution in [3.8, 4) is 5.75 Å². The Morgan fingerprint density at radius 2 is 1.50 bits per heavy atom. The topological polar surface area (TPSA) is 81.7 Å². The molecule has 10 heteroatoms. The van der Waals surface area contributed by atoms with Crippen LogP contribution in [0.2, 0.25) is 5.02 Å². The van der Waals surface area contributed by atoms with Crippen LogP contribution in [0.3, 0.4) is 0 Å². The molecule has 0 aromatic heterocycles. The smallest absolute Gasteiger partial charge is 0.418 e. The summed E-state index contributed by atoms with van der Waals surface area (Å²) < 4.78 is 49.2. The van der Waals surface area contributed by atoms with E-state index in [1.54, 1.807) is 30.3 Å². The van der Waals surface area contributed by atoms with E-state index in [1.165, 1.54) is 30.3 Å². The molecule has 0 bridgehead atoms. The Bertz CT molecular complexity index is 1180. The maximum Gasteiger partial charge on any atom is 0.418 e. The zero-order chi connectivity index (χ0) is 24.7. The van der Waals surface area contributed by atoms with Crippen molar-refractivity contribution in [2.45, 2.75) is 6.18 Å². The molecule has 3 rings (SSSR count). The average Bonchev–Trinajstić information content (AvgIpc) is 2.82. The fraction of sp³-hybridized carbons (Fsp3) is 0.125. The van der Waals surface area contributed by atoms with Gasteiger partial charge in [0.25, 0.3) is 5.91 Å². The summed E-state index contributed by atoms with van der Waals surface area (Å²) in [6, 6.07) is 17.6. The van der Waals surface area contributed by atoms with Gasteiger partial charge in [0.05, 0.1) is 11.3 Å². The second-order valence-corrected chi connectivity index (χ2v) is 7.34. The summed E-state index contributed by atoms with van der Waals surface area (Å²) in [5.41, 5.74) is -0.686. The number of esters is 1. The highest BCUT2D eigenvalue weighted by atomic mass is 35.5. The van der Waals surface area contributed by atoms with Crippen LogP contribution >= 0.6 is 11.6 Å². The van der Waals surface area contributed by atoms with Gasteiger partial charge in [0.1, 0.15) is 5.75 Å². The summed E-state index contributed by atoms with van der Waals surface area (Å²) in [6.07, 6.45) is -4.74. The summed E-state index contributed by atoms with van der Waals surface area (Å²) in [4.78, 5) is 36.1. The van der Waals surface area contributed by atoms with E-state index in [0.717, 1.165) is 6.07 Å². The Morgan fingerprint density at radius 1 is 0.853 bits per heavy atom. The monoisotopic (exact) mass is 491 g/mol. The van der Waals surface area contributed by atoms with Crippen molar-refractivity contribution in [2.24, 2.45) is 0 Å². The Kier molecular flexibility index (Phi) is 7.91. The first-order valence-electron chi connectivity index (χ1n) is 9.78. The van der Waals surface area contributed by atoms with Gasteiger partial charge in [-0.05, 0) is 42.5 Å². The van der Waals surface area contributed by atoms with Crippen LogP contribution in [-0.2, 0) is 20.5 Å². The number of hydrogen-bond acceptors (Lipinski definition) is 5. The first-order chi connectivity index (χ1) is 16.1. The molecule has 0 atom stereocenters. The third-order valence-corrected chi connectivity index (χ3v) is 4.67. The zero-order valence-electron chi connectivity index (χ0n) is 17.4. The molecule has 1 N–H and O–H groups in total. The lowest BCUT2D eigenvalue weighted by Gasteiger charge is -2.14. The van der Waals surface area contributed by atoms with Crippen LogP contribution in [0.15, 0.2) is 72.8 Å². The van der Waals surface area contributed by atoms with E-state index in [1.807, 2.05) is 5.32 Å². The highest BCUT2D eigenvalue weighted by Gasteiger charge is 2.34. The lowest BCUT2D eigenvalue weighted by Crippen LogP contribution is -2.24. The maximum absolute atomic E-state index is 13.1. The second kappa shape index (κ2) is 10.8. The second-order valence-electron chi connectivity index (χ2n) is 6.90. The van der Waals surface area contributed by atoms with Crippen molar-refractivity contribution in [1.82, 2.24) is 0 Å². The molecular weight excluding hydrogens is 475 g/mol. The summed E-state index contributed by atoms with van der Waals surface area (Å²) in [7, 11) is 0. The third kappa shape index (κ3) is 6.82. The molecule has 1 amide bonds. The first-order valence-corrected chi connectivity index (χ1v) is 10.2. The molecule has 3 aromatic rings. The molecule has 6 nitrogen and oxygen atoms in total. The third-order valence-electron chi connectivity index (χ3n) is 4.43. The summed E-state index contributed by atoms with van der Waals surface area (Å²) in [5.74, 6) is -1.77. The van der Waals surface area contributed by atoms with Crippen LogP contribution in [0, 0.1) is 0 Å². The molecule has 34 heavy (non-hydrogen) atoms. The van der Waals surface area contributed by atoms with Gasteiger partial charge in [0.15, 0.2) is 19.0 Å². The van der Waals surface area contributed by atoms with Gasteiger partial charge in [-0.15, -0.1) is 0 Å². The van der Waals surface area contributed by atoms with Gasteiger partial charge >= 0.3 is 12.1 Å². The van der Waals surface area contributed by atoms with Gasteiger partial charge in [-0.2, -0.15) is 13.2 Å². The van der Waals surface area contributed by atoms with Crippen LogP contribution in [0.4, 0.5) is 18.9 Å². The van der Waals surface area contributed by atoms with Gasteiger partial charge in [-0.25, -0.2) is 4.79 Å². The van der Waals surface area contributed by atoms with Crippen LogP contribution in [0.5, 0.6) is 5.75 Å². The minimum atomic E-state index is -4.74. The number of ketones is 1. The number of amides is 1. The van der Waals surface area contributed by atoms with Gasteiger partial charge in [0.2, 0.25) is 0 Å². The zero-order valence-corrected chi connectivity index (χ0v) is 18.2. The summed E-state index contributed by atoms with van der Waals surface area (Å²) in [6.45, 7) is -1.36. The minimum Gasteiger partial charge on any atom is -0.482 e. The Balaban J connectivity index is 1.48. The Labute approximate surface area is 197 Å². The number of anilines is 1. The molecule has 3 aromatic carbocycles. The van der Waals surface area contributed by atoms with Crippen molar-refractivity contribution in [1.29, 1.82) is 0 Å². The molecule has 0 aliphatic heterocycles. The number of alkyl halides is 3. The van der Waals surface area contributed by atoms with Crippen LogP contribution in [-0.4, -0.2) is 30.9 Å². The molecule has 176 valence electrons. The first kappa shape index (κ1) is 24.8. The molecule has 0 saturated heterocycles. The van der Waals surface area contributed by atoms with Gasteiger partial charge in [-0.1, -0.05) is 41.9 Å².